The third-order valence-corrected chi connectivity index (χ3v) is 2.56. The molecule has 0 radical (unpaired) electrons. The molecule has 1 atom stereocenters. The maximum absolute atomic E-state index is 11.3. The van der Waals surface area contributed by atoms with Gasteiger partial charge in [-0.25, -0.2) is 4.79 Å². The molecule has 0 saturated carbocycles. The van der Waals surface area contributed by atoms with Crippen LogP contribution in [0.5, 0.6) is 0 Å². The van der Waals surface area contributed by atoms with Crippen molar-refractivity contribution in [3.63, 3.8) is 0 Å². The van der Waals surface area contributed by atoms with Crippen LogP contribution in [0.1, 0.15) is 20.8 Å². The van der Waals surface area contributed by atoms with E-state index in [-0.39, 0.29) is 5.75 Å². The number of esters is 1. The van der Waals surface area contributed by atoms with Crippen molar-refractivity contribution in [3.05, 3.63) is 0 Å². The van der Waals surface area contributed by atoms with Crippen molar-refractivity contribution in [2.45, 2.75) is 26.8 Å². The predicted molar refractivity (Wildman–Crippen MR) is 65.0 cm³/mol. The van der Waals surface area contributed by atoms with Crippen LogP contribution >= 0.6 is 11.8 Å². The molecular weight excluding hydrogens is 262 g/mol. The first-order valence-corrected chi connectivity index (χ1v) is 6.08. The van der Waals surface area contributed by atoms with Crippen molar-refractivity contribution < 1.29 is 29.0 Å². The Morgan fingerprint density at radius 3 is 2.28 bits per heavy atom. The number of rotatable bonds is 5. The maximum Gasteiger partial charge on any atom is 0.370 e. The minimum absolute atomic E-state index is 0.110. The average Bonchev–Trinajstić information content (AvgIpc) is 2.24. The number of ether oxygens (including phenoxy) is 2. The van der Waals surface area contributed by atoms with Crippen LogP contribution in [-0.4, -0.2) is 40.9 Å². The molecule has 0 amide bonds. The maximum atomic E-state index is 11.3. The van der Waals surface area contributed by atoms with Crippen molar-refractivity contribution in [3.8, 4) is 0 Å². The van der Waals surface area contributed by atoms with Crippen LogP contribution in [-0.2, 0) is 19.1 Å². The Balaban J connectivity index is 3.79. The van der Waals surface area contributed by atoms with Gasteiger partial charge in [-0.1, -0.05) is 0 Å². The SMILES string of the molecule is CC(C)(C)C(=O)OCOC(=O)SC[C@H](N)C(=O)O. The molecule has 7 nitrogen and oxygen atoms in total. The summed E-state index contributed by atoms with van der Waals surface area (Å²) in [5, 5.41) is 7.73. The van der Waals surface area contributed by atoms with E-state index in [2.05, 4.69) is 9.47 Å². The fraction of sp³-hybridized carbons (Fsp3) is 0.700. The van der Waals surface area contributed by atoms with E-state index in [1.54, 1.807) is 20.8 Å². The van der Waals surface area contributed by atoms with Gasteiger partial charge in [0.25, 0.3) is 0 Å². The lowest BCUT2D eigenvalue weighted by Gasteiger charge is -2.16. The second-order valence-corrected chi connectivity index (χ2v) is 5.41. The molecule has 0 fully saturated rings. The zero-order chi connectivity index (χ0) is 14.3. The summed E-state index contributed by atoms with van der Waals surface area (Å²) in [5.74, 6) is -1.81. The molecule has 0 heterocycles. The Hall–Kier alpha value is -1.28. The lowest BCUT2D eigenvalue weighted by Crippen LogP contribution is -2.33. The average molecular weight is 279 g/mol. The number of nitrogens with two attached hydrogens (primary N) is 1. The van der Waals surface area contributed by atoms with Gasteiger partial charge in [0.1, 0.15) is 6.04 Å². The topological polar surface area (TPSA) is 116 Å². The van der Waals surface area contributed by atoms with Crippen LogP contribution in [0, 0.1) is 5.41 Å². The molecule has 0 aromatic heterocycles. The van der Waals surface area contributed by atoms with E-state index in [1.165, 1.54) is 0 Å². The highest BCUT2D eigenvalue weighted by atomic mass is 32.2. The van der Waals surface area contributed by atoms with E-state index in [4.69, 9.17) is 10.8 Å². The molecule has 3 N–H and O–H groups in total. The van der Waals surface area contributed by atoms with Crippen molar-refractivity contribution in [1.82, 2.24) is 0 Å². The zero-order valence-electron chi connectivity index (χ0n) is 10.5. The molecule has 0 aliphatic rings. The Labute approximate surface area is 109 Å². The number of carbonyl (C=O) groups excluding carboxylic acids is 2. The van der Waals surface area contributed by atoms with Gasteiger partial charge in [-0.05, 0) is 32.5 Å². The highest BCUT2D eigenvalue weighted by Gasteiger charge is 2.23. The molecule has 0 unspecified atom stereocenters. The van der Waals surface area contributed by atoms with Gasteiger partial charge in [0.05, 0.1) is 5.41 Å². The van der Waals surface area contributed by atoms with Gasteiger partial charge in [-0.2, -0.15) is 0 Å². The lowest BCUT2D eigenvalue weighted by molar-refractivity contribution is -0.160. The number of hydrogen-bond donors (Lipinski definition) is 2. The molecule has 8 heteroatoms. The molecular formula is C10H17NO6S. The van der Waals surface area contributed by atoms with Gasteiger partial charge in [0, 0.05) is 5.75 Å². The summed E-state index contributed by atoms with van der Waals surface area (Å²) in [6.07, 6.45) is 0. The largest absolute Gasteiger partial charge is 0.480 e. The molecule has 18 heavy (non-hydrogen) atoms. The first-order chi connectivity index (χ1) is 8.14. The smallest absolute Gasteiger partial charge is 0.370 e. The van der Waals surface area contributed by atoms with Crippen LogP contribution < -0.4 is 5.73 Å². The third kappa shape index (κ3) is 7.13. The number of carboxylic acids is 1. The summed E-state index contributed by atoms with van der Waals surface area (Å²) in [5.41, 5.74) is 4.51. The minimum Gasteiger partial charge on any atom is -0.480 e. The van der Waals surface area contributed by atoms with Gasteiger partial charge in [0.15, 0.2) is 0 Å². The fourth-order valence-electron chi connectivity index (χ4n) is 0.618. The lowest BCUT2D eigenvalue weighted by atomic mass is 9.98. The Bertz CT molecular complexity index is 325. The molecule has 0 aliphatic carbocycles. The first-order valence-electron chi connectivity index (χ1n) is 5.09. The van der Waals surface area contributed by atoms with Crippen LogP contribution in [0.3, 0.4) is 0 Å². The predicted octanol–water partition coefficient (Wildman–Crippen LogP) is 0.815. The molecule has 0 aliphatic heterocycles. The van der Waals surface area contributed by atoms with Crippen LogP contribution in [0.2, 0.25) is 0 Å². The molecule has 104 valence electrons. The normalized spacial score (nSPS) is 12.7. The Morgan fingerprint density at radius 1 is 1.28 bits per heavy atom. The van der Waals surface area contributed by atoms with Gasteiger partial charge in [-0.3, -0.25) is 9.59 Å². The van der Waals surface area contributed by atoms with E-state index in [1.807, 2.05) is 0 Å². The van der Waals surface area contributed by atoms with Crippen molar-refractivity contribution in [2.75, 3.05) is 12.5 Å². The molecule has 0 spiro atoms. The van der Waals surface area contributed by atoms with E-state index in [0.717, 1.165) is 0 Å². The summed E-state index contributed by atoms with van der Waals surface area (Å²) < 4.78 is 9.26. The first kappa shape index (κ1) is 16.7. The third-order valence-electron chi connectivity index (χ3n) is 1.68. The standard InChI is InChI=1S/C10H17NO6S/c1-10(2,3)8(14)16-5-17-9(15)18-4-6(11)7(12)13/h6H,4-5,11H2,1-3H3,(H,12,13)/t6-/m0/s1. The number of aliphatic carboxylic acids is 1. The molecule has 0 aromatic carbocycles. The Kier molecular flexibility index (Phi) is 6.71. The monoisotopic (exact) mass is 279 g/mol. The van der Waals surface area contributed by atoms with E-state index < -0.39 is 35.5 Å². The zero-order valence-corrected chi connectivity index (χ0v) is 11.3. The Morgan fingerprint density at radius 2 is 1.83 bits per heavy atom. The van der Waals surface area contributed by atoms with Crippen LogP contribution in [0.25, 0.3) is 0 Å². The van der Waals surface area contributed by atoms with Gasteiger partial charge in [0.2, 0.25) is 6.79 Å². The molecule has 0 aromatic rings. The number of carboxylic acid groups (broad SMARTS) is 1. The number of carbonyl (C=O) groups is 3. The summed E-state index contributed by atoms with van der Waals surface area (Å²) in [4.78, 5) is 32.8. The van der Waals surface area contributed by atoms with Crippen molar-refractivity contribution in [2.24, 2.45) is 11.1 Å². The second-order valence-electron chi connectivity index (χ2n) is 4.45. The highest BCUT2D eigenvalue weighted by Crippen LogP contribution is 2.15. The van der Waals surface area contributed by atoms with E-state index >= 15 is 0 Å². The van der Waals surface area contributed by atoms with E-state index in [0.29, 0.717) is 11.8 Å². The molecule has 0 rings (SSSR count). The summed E-state index contributed by atoms with van der Waals surface area (Å²) >= 11 is 0.614. The molecule has 0 bridgehead atoms. The number of thioether (sulfide) groups is 1. The van der Waals surface area contributed by atoms with Gasteiger partial charge >= 0.3 is 17.2 Å². The van der Waals surface area contributed by atoms with Crippen LogP contribution in [0.4, 0.5) is 4.79 Å². The molecule has 0 saturated heterocycles. The summed E-state index contributed by atoms with van der Waals surface area (Å²) in [7, 11) is 0. The van der Waals surface area contributed by atoms with Gasteiger partial charge in [-0.15, -0.1) is 0 Å². The number of hydrogen-bond acceptors (Lipinski definition) is 7. The fourth-order valence-corrected chi connectivity index (χ4v) is 1.21. The highest BCUT2D eigenvalue weighted by molar-refractivity contribution is 8.13. The summed E-state index contributed by atoms with van der Waals surface area (Å²) in [6.45, 7) is 4.50. The minimum atomic E-state index is -1.20. The summed E-state index contributed by atoms with van der Waals surface area (Å²) in [6, 6.07) is -1.14. The van der Waals surface area contributed by atoms with Crippen molar-refractivity contribution in [1.29, 1.82) is 0 Å². The second kappa shape index (κ2) is 7.22. The van der Waals surface area contributed by atoms with Crippen LogP contribution in [0.15, 0.2) is 0 Å². The van der Waals surface area contributed by atoms with E-state index in [9.17, 15) is 14.4 Å². The van der Waals surface area contributed by atoms with Gasteiger partial charge < -0.3 is 20.3 Å². The quantitative estimate of drug-likeness (QED) is 0.561. The van der Waals surface area contributed by atoms with Crippen molar-refractivity contribution >= 4 is 29.0 Å².